The molecule has 5 nitrogen and oxygen atoms in total. The Balaban J connectivity index is 2.42. The number of aliphatic hydroxyl groups is 1. The fourth-order valence-electron chi connectivity index (χ4n) is 1.16. The van der Waals surface area contributed by atoms with E-state index in [1.807, 2.05) is 13.8 Å². The number of nitrogens with one attached hydrogen (secondary N) is 1. The van der Waals surface area contributed by atoms with Crippen molar-refractivity contribution in [3.63, 3.8) is 0 Å². The van der Waals surface area contributed by atoms with E-state index in [1.165, 1.54) is 6.20 Å². The molecule has 0 radical (unpaired) electrons. The van der Waals surface area contributed by atoms with Crippen LogP contribution in [0.5, 0.6) is 0 Å². The van der Waals surface area contributed by atoms with Crippen LogP contribution in [0.2, 0.25) is 0 Å². The van der Waals surface area contributed by atoms with Gasteiger partial charge in [-0.15, -0.1) is 0 Å². The highest BCUT2D eigenvalue weighted by Gasteiger charge is 2.17. The zero-order valence-electron chi connectivity index (χ0n) is 10.2. The first-order valence-corrected chi connectivity index (χ1v) is 5.51. The lowest BCUT2D eigenvalue weighted by molar-refractivity contribution is -0.121. The average molecular weight is 237 g/mol. The van der Waals surface area contributed by atoms with E-state index in [0.717, 1.165) is 0 Å². The van der Waals surface area contributed by atoms with Crippen molar-refractivity contribution in [1.82, 2.24) is 10.3 Å². The van der Waals surface area contributed by atoms with Crippen LogP contribution in [0.15, 0.2) is 18.3 Å². The summed E-state index contributed by atoms with van der Waals surface area (Å²) < 4.78 is 0. The monoisotopic (exact) mass is 237 g/mol. The van der Waals surface area contributed by atoms with Gasteiger partial charge in [0.15, 0.2) is 0 Å². The minimum absolute atomic E-state index is 0.0351. The maximum atomic E-state index is 11.6. The molecule has 4 N–H and O–H groups in total. The van der Waals surface area contributed by atoms with Crippen LogP contribution in [0.1, 0.15) is 19.5 Å². The lowest BCUT2D eigenvalue weighted by Crippen LogP contribution is -2.36. The SMILES string of the molecule is CC(C)(CO)CNC(=O)Cc1ccc(N)cn1. The minimum Gasteiger partial charge on any atom is -0.397 e. The van der Waals surface area contributed by atoms with Gasteiger partial charge in [0.05, 0.1) is 18.3 Å². The van der Waals surface area contributed by atoms with Gasteiger partial charge >= 0.3 is 0 Å². The molecule has 0 fully saturated rings. The molecule has 0 saturated carbocycles. The number of hydrogen-bond donors (Lipinski definition) is 3. The topological polar surface area (TPSA) is 88.2 Å². The van der Waals surface area contributed by atoms with Gasteiger partial charge in [-0.05, 0) is 12.1 Å². The normalized spacial score (nSPS) is 11.2. The van der Waals surface area contributed by atoms with Gasteiger partial charge in [-0.25, -0.2) is 0 Å². The molecule has 0 bridgehead atoms. The van der Waals surface area contributed by atoms with Crippen molar-refractivity contribution in [2.45, 2.75) is 20.3 Å². The second-order valence-electron chi connectivity index (χ2n) is 4.86. The third kappa shape index (κ3) is 4.82. The smallest absolute Gasteiger partial charge is 0.226 e. The molecule has 94 valence electrons. The molecule has 0 aliphatic rings. The Bertz CT molecular complexity index is 374. The zero-order valence-corrected chi connectivity index (χ0v) is 10.2. The van der Waals surface area contributed by atoms with E-state index >= 15 is 0 Å². The number of amides is 1. The Morgan fingerprint density at radius 3 is 2.76 bits per heavy atom. The average Bonchev–Trinajstić information content (AvgIpc) is 2.30. The number of carbonyl (C=O) groups excluding carboxylic acids is 1. The molecule has 0 unspecified atom stereocenters. The van der Waals surface area contributed by atoms with E-state index < -0.39 is 0 Å². The van der Waals surface area contributed by atoms with Crippen molar-refractivity contribution >= 4 is 11.6 Å². The lowest BCUT2D eigenvalue weighted by Gasteiger charge is -2.21. The standard InChI is InChI=1S/C12H19N3O2/c1-12(2,8-16)7-15-11(17)5-10-4-3-9(13)6-14-10/h3-4,6,16H,5,7-8,13H2,1-2H3,(H,15,17). The van der Waals surface area contributed by atoms with Crippen LogP contribution in [0.4, 0.5) is 5.69 Å². The molecular formula is C12H19N3O2. The summed E-state index contributed by atoms with van der Waals surface area (Å²) in [4.78, 5) is 15.6. The molecule has 1 heterocycles. The Labute approximate surface area is 101 Å². The molecule has 1 aromatic heterocycles. The van der Waals surface area contributed by atoms with Crippen molar-refractivity contribution in [3.8, 4) is 0 Å². The van der Waals surface area contributed by atoms with E-state index in [9.17, 15) is 4.79 Å². The van der Waals surface area contributed by atoms with Crippen molar-refractivity contribution < 1.29 is 9.90 Å². The third-order valence-corrected chi connectivity index (χ3v) is 2.38. The summed E-state index contributed by atoms with van der Waals surface area (Å²) in [7, 11) is 0. The van der Waals surface area contributed by atoms with Crippen LogP contribution >= 0.6 is 0 Å². The second kappa shape index (κ2) is 5.63. The maximum absolute atomic E-state index is 11.6. The summed E-state index contributed by atoms with van der Waals surface area (Å²) in [5.74, 6) is -0.108. The minimum atomic E-state index is -0.301. The zero-order chi connectivity index (χ0) is 12.9. The molecular weight excluding hydrogens is 218 g/mol. The molecule has 0 spiro atoms. The van der Waals surface area contributed by atoms with Crippen molar-refractivity contribution in [2.24, 2.45) is 5.41 Å². The van der Waals surface area contributed by atoms with Gasteiger partial charge in [0.2, 0.25) is 5.91 Å². The molecule has 0 aliphatic heterocycles. The van der Waals surface area contributed by atoms with E-state index in [0.29, 0.717) is 17.9 Å². The summed E-state index contributed by atoms with van der Waals surface area (Å²) >= 11 is 0. The highest BCUT2D eigenvalue weighted by Crippen LogP contribution is 2.11. The predicted molar refractivity (Wildman–Crippen MR) is 66.2 cm³/mol. The summed E-state index contributed by atoms with van der Waals surface area (Å²) in [6.07, 6.45) is 1.75. The Kier molecular flexibility index (Phi) is 4.45. The molecule has 0 saturated heterocycles. The van der Waals surface area contributed by atoms with Gasteiger partial charge < -0.3 is 16.2 Å². The molecule has 0 atom stereocenters. The summed E-state index contributed by atoms with van der Waals surface area (Å²) in [5, 5.41) is 11.8. The largest absolute Gasteiger partial charge is 0.397 e. The number of hydrogen-bond acceptors (Lipinski definition) is 4. The first-order valence-electron chi connectivity index (χ1n) is 5.51. The highest BCUT2D eigenvalue weighted by atomic mass is 16.3. The summed E-state index contributed by atoms with van der Waals surface area (Å²) in [6.45, 7) is 4.24. The lowest BCUT2D eigenvalue weighted by atomic mass is 9.95. The van der Waals surface area contributed by atoms with E-state index in [4.69, 9.17) is 10.8 Å². The first kappa shape index (κ1) is 13.4. The number of nitrogens with two attached hydrogens (primary N) is 1. The number of aliphatic hydroxyl groups excluding tert-OH is 1. The third-order valence-electron chi connectivity index (χ3n) is 2.38. The van der Waals surface area contributed by atoms with E-state index in [2.05, 4.69) is 10.3 Å². The van der Waals surface area contributed by atoms with Crippen LogP contribution in [0.3, 0.4) is 0 Å². The molecule has 5 heteroatoms. The Hall–Kier alpha value is -1.62. The molecule has 1 amide bonds. The van der Waals surface area contributed by atoms with Gasteiger partial charge in [0.25, 0.3) is 0 Å². The van der Waals surface area contributed by atoms with E-state index in [-0.39, 0.29) is 24.3 Å². The van der Waals surface area contributed by atoms with Crippen LogP contribution in [-0.4, -0.2) is 29.1 Å². The number of nitrogens with zero attached hydrogens (tertiary/aromatic N) is 1. The molecule has 0 aliphatic carbocycles. The van der Waals surface area contributed by atoms with Crippen LogP contribution < -0.4 is 11.1 Å². The number of anilines is 1. The van der Waals surface area contributed by atoms with Gasteiger partial charge in [-0.3, -0.25) is 9.78 Å². The number of rotatable bonds is 5. The Morgan fingerprint density at radius 1 is 1.53 bits per heavy atom. The maximum Gasteiger partial charge on any atom is 0.226 e. The fourth-order valence-corrected chi connectivity index (χ4v) is 1.16. The molecule has 1 rings (SSSR count). The van der Waals surface area contributed by atoms with Crippen molar-refractivity contribution in [1.29, 1.82) is 0 Å². The number of pyridine rings is 1. The summed E-state index contributed by atoms with van der Waals surface area (Å²) in [6, 6.07) is 3.44. The van der Waals surface area contributed by atoms with Gasteiger partial charge in [0.1, 0.15) is 0 Å². The summed E-state index contributed by atoms with van der Waals surface area (Å²) in [5.41, 5.74) is 6.46. The fraction of sp³-hybridized carbons (Fsp3) is 0.500. The molecule has 17 heavy (non-hydrogen) atoms. The van der Waals surface area contributed by atoms with Gasteiger partial charge in [0, 0.05) is 24.3 Å². The highest BCUT2D eigenvalue weighted by molar-refractivity contribution is 5.78. The first-order chi connectivity index (χ1) is 7.93. The van der Waals surface area contributed by atoms with Crippen molar-refractivity contribution in [3.05, 3.63) is 24.0 Å². The van der Waals surface area contributed by atoms with Crippen LogP contribution in [-0.2, 0) is 11.2 Å². The van der Waals surface area contributed by atoms with E-state index in [1.54, 1.807) is 12.1 Å². The Morgan fingerprint density at radius 2 is 2.24 bits per heavy atom. The van der Waals surface area contributed by atoms with Gasteiger partial charge in [-0.2, -0.15) is 0 Å². The molecule has 1 aromatic rings. The van der Waals surface area contributed by atoms with Crippen LogP contribution in [0, 0.1) is 5.41 Å². The van der Waals surface area contributed by atoms with Crippen molar-refractivity contribution in [2.75, 3.05) is 18.9 Å². The second-order valence-corrected chi connectivity index (χ2v) is 4.86. The quantitative estimate of drug-likeness (QED) is 0.689. The predicted octanol–water partition coefficient (Wildman–Crippen LogP) is 0.341. The van der Waals surface area contributed by atoms with Crippen LogP contribution in [0.25, 0.3) is 0 Å². The number of nitrogen functional groups attached to an aromatic ring is 1. The number of aromatic nitrogens is 1. The van der Waals surface area contributed by atoms with Gasteiger partial charge in [-0.1, -0.05) is 13.8 Å². The number of carbonyl (C=O) groups is 1. The molecule has 0 aromatic carbocycles.